The average molecular weight is 221 g/mol. The predicted molar refractivity (Wildman–Crippen MR) is 56.9 cm³/mol. The molecule has 0 radical (unpaired) electrons. The highest BCUT2D eigenvalue weighted by atomic mass is 16.3. The lowest BCUT2D eigenvalue weighted by atomic mass is 9.93. The van der Waals surface area contributed by atoms with Gasteiger partial charge in [-0.3, -0.25) is 4.68 Å². The van der Waals surface area contributed by atoms with E-state index in [0.29, 0.717) is 6.04 Å². The Kier molecular flexibility index (Phi) is 2.60. The van der Waals surface area contributed by atoms with Gasteiger partial charge < -0.3 is 10.6 Å². The van der Waals surface area contributed by atoms with Crippen LogP contribution in [0, 0.1) is 17.2 Å². The summed E-state index contributed by atoms with van der Waals surface area (Å²) in [7, 11) is 0. The van der Waals surface area contributed by atoms with Crippen molar-refractivity contribution >= 4 is 0 Å². The third-order valence-corrected chi connectivity index (χ3v) is 3.50. The van der Waals surface area contributed by atoms with Gasteiger partial charge in [0, 0.05) is 5.92 Å². The van der Waals surface area contributed by atoms with E-state index in [0.717, 1.165) is 25.0 Å². The lowest BCUT2D eigenvalue weighted by molar-refractivity contribution is 0.287. The number of hydrogen-bond donors (Lipinski definition) is 1. The fourth-order valence-corrected chi connectivity index (χ4v) is 2.14. The van der Waals surface area contributed by atoms with Crippen LogP contribution >= 0.6 is 0 Å². The molecule has 3 rings (SSSR count). The van der Waals surface area contributed by atoms with Gasteiger partial charge in [0.25, 0.3) is 0 Å². The largest absolute Gasteiger partial charge is 0.504 e. The molecule has 2 saturated carbocycles. The summed E-state index contributed by atoms with van der Waals surface area (Å²) in [5, 5.41) is 22.9. The van der Waals surface area contributed by atoms with Crippen LogP contribution in [0.15, 0.2) is 6.20 Å². The molecule has 5 nitrogen and oxygen atoms in total. The Hall–Kier alpha value is -1.54. The molecule has 3 N–H and O–H groups in total. The second-order valence-electron chi connectivity index (χ2n) is 4.54. The van der Waals surface area contributed by atoms with Crippen molar-refractivity contribution in [1.82, 2.24) is 9.78 Å². The number of aromatic hydroxyl groups is 1. The van der Waals surface area contributed by atoms with Gasteiger partial charge in [0.1, 0.15) is 5.69 Å². The third-order valence-electron chi connectivity index (χ3n) is 3.50. The van der Waals surface area contributed by atoms with E-state index in [9.17, 15) is 5.11 Å². The molecule has 1 aromatic rings. The fraction of sp³-hybridized carbons (Fsp3) is 0.636. The van der Waals surface area contributed by atoms with Crippen LogP contribution in [0.3, 0.4) is 0 Å². The van der Waals surface area contributed by atoms with Crippen LogP contribution in [-0.2, 0) is 0 Å². The minimum Gasteiger partial charge on any atom is -0.504 e. The van der Waals surface area contributed by atoms with Crippen molar-refractivity contribution in [2.75, 3.05) is 0 Å². The van der Waals surface area contributed by atoms with Gasteiger partial charge in [-0.2, -0.15) is 10.4 Å². The van der Waals surface area contributed by atoms with E-state index >= 15 is 0 Å². The van der Waals surface area contributed by atoms with E-state index < -0.39 is 0 Å². The van der Waals surface area contributed by atoms with E-state index in [1.165, 1.54) is 6.42 Å². The highest BCUT2D eigenvalue weighted by Gasteiger charge is 2.42. The first kappa shape index (κ1) is 11.0. The summed E-state index contributed by atoms with van der Waals surface area (Å²) >= 11 is 0. The molecule has 1 aromatic heterocycles. The molecule has 16 heavy (non-hydrogen) atoms. The lowest BCUT2D eigenvalue weighted by Crippen LogP contribution is -2.17. The Morgan fingerprint density at radius 2 is 2.25 bits per heavy atom. The minimum absolute atomic E-state index is 0. The number of nitrogens with zero attached hydrogens (tertiary/aromatic N) is 3. The van der Waals surface area contributed by atoms with E-state index in [2.05, 4.69) is 11.2 Å². The molecule has 2 aliphatic carbocycles. The number of aromatic nitrogens is 2. The maximum Gasteiger partial charge on any atom is 0.157 e. The summed E-state index contributed by atoms with van der Waals surface area (Å²) in [5.74, 6) is 0.515. The van der Waals surface area contributed by atoms with Crippen LogP contribution in [0.1, 0.15) is 43.3 Å². The highest BCUT2D eigenvalue weighted by Crippen LogP contribution is 2.49. The lowest BCUT2D eigenvalue weighted by Gasteiger charge is -2.25. The normalized spacial score (nSPS) is 27.7. The zero-order valence-corrected chi connectivity index (χ0v) is 8.93. The van der Waals surface area contributed by atoms with Gasteiger partial charge in [-0.05, 0) is 25.7 Å². The first-order valence-corrected chi connectivity index (χ1v) is 5.47. The summed E-state index contributed by atoms with van der Waals surface area (Å²) in [4.78, 5) is 0. The smallest absolute Gasteiger partial charge is 0.157 e. The number of rotatable bonds is 2. The SMILES string of the molecule is N#CC1CC1c1nn(C2CCC2)cc1O.O. The summed E-state index contributed by atoms with van der Waals surface area (Å²) in [5.41, 5.74) is 0.730. The van der Waals surface area contributed by atoms with E-state index in [1.54, 1.807) is 6.20 Å². The predicted octanol–water partition coefficient (Wildman–Crippen LogP) is 1.12. The second-order valence-corrected chi connectivity index (χ2v) is 4.54. The van der Waals surface area contributed by atoms with Crippen molar-refractivity contribution in [3.8, 4) is 11.8 Å². The molecule has 2 unspecified atom stereocenters. The quantitative estimate of drug-likeness (QED) is 0.810. The summed E-state index contributed by atoms with van der Waals surface area (Å²) in [6, 6.07) is 2.70. The van der Waals surface area contributed by atoms with Crippen LogP contribution in [0.5, 0.6) is 5.75 Å². The van der Waals surface area contributed by atoms with Crippen molar-refractivity contribution in [3.63, 3.8) is 0 Å². The van der Waals surface area contributed by atoms with Gasteiger partial charge >= 0.3 is 0 Å². The molecule has 0 saturated heterocycles. The first-order chi connectivity index (χ1) is 7.29. The molecule has 0 aliphatic heterocycles. The molecule has 0 bridgehead atoms. The average Bonchev–Trinajstić information content (AvgIpc) is 2.82. The van der Waals surface area contributed by atoms with Gasteiger partial charge in [0.15, 0.2) is 5.75 Å². The Morgan fingerprint density at radius 1 is 1.50 bits per heavy atom. The van der Waals surface area contributed by atoms with Crippen LogP contribution in [0.4, 0.5) is 0 Å². The Bertz CT molecular complexity index is 431. The molecule has 2 atom stereocenters. The molecule has 86 valence electrons. The van der Waals surface area contributed by atoms with Crippen LogP contribution in [0.2, 0.25) is 0 Å². The van der Waals surface area contributed by atoms with Crippen molar-refractivity contribution in [3.05, 3.63) is 11.9 Å². The molecule has 5 heteroatoms. The zero-order chi connectivity index (χ0) is 10.4. The third kappa shape index (κ3) is 1.55. The van der Waals surface area contributed by atoms with Crippen molar-refractivity contribution in [1.29, 1.82) is 5.26 Å². The van der Waals surface area contributed by atoms with Crippen LogP contribution in [0.25, 0.3) is 0 Å². The maximum absolute atomic E-state index is 9.73. The standard InChI is InChI=1S/C11H13N3O.H2O/c12-5-7-4-9(7)11-10(15)6-14(13-11)8-2-1-3-8;/h6-9,15H,1-4H2;1H2. The van der Waals surface area contributed by atoms with Gasteiger partial charge in [-0.1, -0.05) is 0 Å². The molecule has 0 amide bonds. The number of hydrogen-bond acceptors (Lipinski definition) is 3. The molecular weight excluding hydrogens is 206 g/mol. The molecule has 1 heterocycles. The molecular formula is C11H15N3O2. The Balaban J connectivity index is 0.000000963. The summed E-state index contributed by atoms with van der Waals surface area (Å²) in [6.07, 6.45) is 6.14. The van der Waals surface area contributed by atoms with E-state index in [-0.39, 0.29) is 23.1 Å². The van der Waals surface area contributed by atoms with E-state index in [4.69, 9.17) is 5.26 Å². The topological polar surface area (TPSA) is 93.3 Å². The van der Waals surface area contributed by atoms with E-state index in [1.807, 2.05) is 4.68 Å². The van der Waals surface area contributed by atoms with Gasteiger partial charge in [0.05, 0.1) is 24.2 Å². The van der Waals surface area contributed by atoms with Gasteiger partial charge in [-0.15, -0.1) is 0 Å². The minimum atomic E-state index is 0. The molecule has 0 aromatic carbocycles. The zero-order valence-electron chi connectivity index (χ0n) is 8.93. The monoisotopic (exact) mass is 221 g/mol. The Morgan fingerprint density at radius 3 is 2.75 bits per heavy atom. The molecule has 0 spiro atoms. The van der Waals surface area contributed by atoms with Crippen LogP contribution < -0.4 is 0 Å². The molecule has 2 fully saturated rings. The molecule has 2 aliphatic rings. The summed E-state index contributed by atoms with van der Waals surface area (Å²) < 4.78 is 1.88. The Labute approximate surface area is 93.6 Å². The number of nitriles is 1. The van der Waals surface area contributed by atoms with Gasteiger partial charge in [0.2, 0.25) is 0 Å². The maximum atomic E-state index is 9.73. The van der Waals surface area contributed by atoms with Crippen molar-refractivity contribution in [2.45, 2.75) is 37.6 Å². The van der Waals surface area contributed by atoms with Gasteiger partial charge in [-0.25, -0.2) is 0 Å². The second kappa shape index (κ2) is 3.80. The summed E-state index contributed by atoms with van der Waals surface area (Å²) in [6.45, 7) is 0. The van der Waals surface area contributed by atoms with Crippen LogP contribution in [-0.4, -0.2) is 20.4 Å². The first-order valence-electron chi connectivity index (χ1n) is 5.47. The highest BCUT2D eigenvalue weighted by molar-refractivity contribution is 5.33. The van der Waals surface area contributed by atoms with Crippen molar-refractivity contribution in [2.24, 2.45) is 5.92 Å². The van der Waals surface area contributed by atoms with Crippen molar-refractivity contribution < 1.29 is 10.6 Å². The fourth-order valence-electron chi connectivity index (χ4n) is 2.14.